The molecule has 2 aromatic rings. The second-order valence-corrected chi connectivity index (χ2v) is 7.17. The summed E-state index contributed by atoms with van der Waals surface area (Å²) in [5.74, 6) is -2.56. The minimum Gasteiger partial charge on any atom is -0.466 e. The lowest BCUT2D eigenvalue weighted by atomic mass is 10.0. The highest BCUT2D eigenvalue weighted by Gasteiger charge is 2.28. The fourth-order valence-electron chi connectivity index (χ4n) is 2.70. The van der Waals surface area contributed by atoms with Crippen LogP contribution in [0.4, 0.5) is 23.2 Å². The number of hydrogen-bond donors (Lipinski definition) is 1. The number of halogens is 4. The van der Waals surface area contributed by atoms with Gasteiger partial charge in [0.05, 0.1) is 24.6 Å². The molecule has 0 fully saturated rings. The molecule has 32 heavy (non-hydrogen) atoms. The van der Waals surface area contributed by atoms with Crippen molar-refractivity contribution in [1.29, 1.82) is 0 Å². The second-order valence-electron chi connectivity index (χ2n) is 7.17. The first-order chi connectivity index (χ1) is 15.1. The van der Waals surface area contributed by atoms with Crippen LogP contribution in [0.1, 0.15) is 44.7 Å². The number of carbonyl (C=O) groups is 2. The Bertz CT molecular complexity index is 854. The van der Waals surface area contributed by atoms with Gasteiger partial charge in [0.2, 0.25) is 5.91 Å². The van der Waals surface area contributed by atoms with Crippen LogP contribution in [-0.4, -0.2) is 24.7 Å². The molecule has 8 heteroatoms. The first kappa shape index (κ1) is 27.1. The van der Waals surface area contributed by atoms with Crippen LogP contribution in [0.3, 0.4) is 0 Å². The molecule has 4 nitrogen and oxygen atoms in total. The van der Waals surface area contributed by atoms with Gasteiger partial charge in [-0.25, -0.2) is 4.39 Å². The van der Waals surface area contributed by atoms with Crippen LogP contribution in [0.25, 0.3) is 0 Å². The van der Waals surface area contributed by atoms with Gasteiger partial charge in [-0.3, -0.25) is 9.59 Å². The average molecular weight is 455 g/mol. The molecule has 0 heterocycles. The van der Waals surface area contributed by atoms with Gasteiger partial charge in [0, 0.05) is 6.42 Å². The molecule has 2 aromatic carbocycles. The minimum absolute atomic E-state index is 0.212. The molecule has 1 amide bonds. The third kappa shape index (κ3) is 10.9. The van der Waals surface area contributed by atoms with Crippen LogP contribution >= 0.6 is 0 Å². The number of alkyl halides is 3. The van der Waals surface area contributed by atoms with Gasteiger partial charge in [-0.05, 0) is 43.0 Å². The third-order valence-corrected chi connectivity index (χ3v) is 4.42. The summed E-state index contributed by atoms with van der Waals surface area (Å²) in [5, 5.41) is 2.12. The fraction of sp³-hybridized carbons (Fsp3) is 0.417. The van der Waals surface area contributed by atoms with E-state index in [-0.39, 0.29) is 18.7 Å². The second kappa shape index (κ2) is 13.5. The molecule has 0 aliphatic heterocycles. The molecule has 0 saturated carbocycles. The third-order valence-electron chi connectivity index (χ3n) is 4.42. The Morgan fingerprint density at radius 3 is 2.22 bits per heavy atom. The summed E-state index contributed by atoms with van der Waals surface area (Å²) < 4.78 is 54.8. The fourth-order valence-corrected chi connectivity index (χ4v) is 2.70. The zero-order valence-electron chi connectivity index (χ0n) is 18.5. The highest BCUT2D eigenvalue weighted by atomic mass is 19.4. The van der Waals surface area contributed by atoms with Crippen molar-refractivity contribution in [2.45, 2.75) is 52.6 Å². The van der Waals surface area contributed by atoms with E-state index in [0.29, 0.717) is 5.56 Å². The molecule has 176 valence electrons. The maximum atomic E-state index is 13.7. The summed E-state index contributed by atoms with van der Waals surface area (Å²) >= 11 is 0. The molecule has 0 aliphatic rings. The number of amides is 1. The maximum Gasteiger partial charge on any atom is 0.389 e. The van der Waals surface area contributed by atoms with Crippen molar-refractivity contribution < 1.29 is 31.9 Å². The number of esters is 1. The molecule has 0 saturated heterocycles. The summed E-state index contributed by atoms with van der Waals surface area (Å²) in [7, 11) is 0. The Morgan fingerprint density at radius 1 is 1.03 bits per heavy atom. The normalized spacial score (nSPS) is 11.7. The van der Waals surface area contributed by atoms with Gasteiger partial charge in [-0.2, -0.15) is 13.2 Å². The lowest BCUT2D eigenvalue weighted by Gasteiger charge is -2.13. The minimum atomic E-state index is -4.45. The summed E-state index contributed by atoms with van der Waals surface area (Å²) in [6, 6.07) is 14.3. The van der Waals surface area contributed by atoms with Crippen molar-refractivity contribution in [2.24, 2.45) is 5.92 Å². The Morgan fingerprint density at radius 2 is 1.69 bits per heavy atom. The van der Waals surface area contributed by atoms with Crippen LogP contribution in [0.5, 0.6) is 0 Å². The van der Waals surface area contributed by atoms with Crippen LogP contribution in [0.15, 0.2) is 48.5 Å². The summed E-state index contributed by atoms with van der Waals surface area (Å²) in [6.07, 6.45) is -5.12. The van der Waals surface area contributed by atoms with E-state index in [1.54, 1.807) is 13.8 Å². The van der Waals surface area contributed by atoms with Crippen molar-refractivity contribution in [1.82, 2.24) is 0 Å². The largest absolute Gasteiger partial charge is 0.466 e. The Kier molecular flexibility index (Phi) is 11.4. The Labute approximate surface area is 186 Å². The highest BCUT2D eigenvalue weighted by Crippen LogP contribution is 2.23. The Balaban J connectivity index is 0.000000533. The van der Waals surface area contributed by atoms with Crippen molar-refractivity contribution >= 4 is 17.6 Å². The summed E-state index contributed by atoms with van der Waals surface area (Å²) in [6.45, 7) is 5.72. The lowest BCUT2D eigenvalue weighted by molar-refractivity contribution is -0.147. The number of hydrogen-bond acceptors (Lipinski definition) is 3. The molecule has 0 radical (unpaired) electrons. The molecule has 1 N–H and O–H groups in total. The van der Waals surface area contributed by atoms with Gasteiger partial charge >= 0.3 is 12.1 Å². The van der Waals surface area contributed by atoms with Crippen molar-refractivity contribution in [3.05, 3.63) is 65.5 Å². The van der Waals surface area contributed by atoms with Crippen molar-refractivity contribution in [2.75, 3.05) is 11.9 Å². The van der Waals surface area contributed by atoms with Gasteiger partial charge in [-0.1, -0.05) is 50.2 Å². The molecular weight excluding hydrogens is 426 g/mol. The summed E-state index contributed by atoms with van der Waals surface area (Å²) in [5.41, 5.74) is 1.76. The van der Waals surface area contributed by atoms with Crippen LogP contribution in [-0.2, 0) is 27.2 Å². The highest BCUT2D eigenvalue weighted by molar-refractivity contribution is 5.91. The standard InChI is InChI=1S/C16H19F4NO3.C8H10/c1-3-24-15(23)10(2)8-11-4-5-12(17)13(9-11)21-14(22)6-7-16(18,19)20;1-2-8-6-4-3-5-7-8/h4-5,9-10H,3,6-8H2,1-2H3,(H,21,22);3-7H,2H2,1H3. The zero-order valence-corrected chi connectivity index (χ0v) is 18.5. The first-order valence-corrected chi connectivity index (χ1v) is 10.4. The molecule has 1 atom stereocenters. The molecule has 0 spiro atoms. The number of aryl methyl sites for hydroxylation is 1. The van der Waals surface area contributed by atoms with Crippen LogP contribution in [0, 0.1) is 11.7 Å². The van der Waals surface area contributed by atoms with Gasteiger partial charge < -0.3 is 10.1 Å². The quantitative estimate of drug-likeness (QED) is 0.387. The monoisotopic (exact) mass is 455 g/mol. The molecule has 0 aromatic heterocycles. The number of rotatable bonds is 8. The summed E-state index contributed by atoms with van der Waals surface area (Å²) in [4.78, 5) is 23.1. The van der Waals surface area contributed by atoms with E-state index in [4.69, 9.17) is 4.74 Å². The van der Waals surface area contributed by atoms with Gasteiger partial charge in [0.15, 0.2) is 0 Å². The van der Waals surface area contributed by atoms with E-state index < -0.39 is 42.6 Å². The Hall–Kier alpha value is -2.90. The molecular formula is C24H29F4NO3. The van der Waals surface area contributed by atoms with Crippen molar-refractivity contribution in [3.8, 4) is 0 Å². The van der Waals surface area contributed by atoms with Crippen LogP contribution in [0.2, 0.25) is 0 Å². The van der Waals surface area contributed by atoms with E-state index in [1.165, 1.54) is 17.7 Å². The average Bonchev–Trinajstić information content (AvgIpc) is 2.75. The molecule has 0 bridgehead atoms. The predicted molar refractivity (Wildman–Crippen MR) is 116 cm³/mol. The van der Waals surface area contributed by atoms with E-state index >= 15 is 0 Å². The smallest absolute Gasteiger partial charge is 0.389 e. The molecule has 2 rings (SSSR count). The van der Waals surface area contributed by atoms with E-state index in [2.05, 4.69) is 36.5 Å². The molecule has 0 aliphatic carbocycles. The van der Waals surface area contributed by atoms with E-state index in [9.17, 15) is 27.2 Å². The van der Waals surface area contributed by atoms with Gasteiger partial charge in [0.1, 0.15) is 5.82 Å². The number of ether oxygens (including phenoxy) is 1. The SMILES string of the molecule is CCOC(=O)C(C)Cc1ccc(F)c(NC(=O)CCC(F)(F)F)c1.CCc1ccccc1. The number of nitrogens with one attached hydrogen (secondary N) is 1. The van der Waals surface area contributed by atoms with Gasteiger partial charge in [0.25, 0.3) is 0 Å². The van der Waals surface area contributed by atoms with Crippen LogP contribution < -0.4 is 5.32 Å². The maximum absolute atomic E-state index is 13.7. The topological polar surface area (TPSA) is 55.4 Å². The predicted octanol–water partition coefficient (Wildman–Crippen LogP) is 6.10. The first-order valence-electron chi connectivity index (χ1n) is 10.4. The van der Waals surface area contributed by atoms with Gasteiger partial charge in [-0.15, -0.1) is 0 Å². The molecule has 1 unspecified atom stereocenters. The van der Waals surface area contributed by atoms with E-state index in [1.807, 2.05) is 6.07 Å². The zero-order chi connectivity index (χ0) is 24.1. The number of anilines is 1. The lowest BCUT2D eigenvalue weighted by Crippen LogP contribution is -2.18. The van der Waals surface area contributed by atoms with Crippen molar-refractivity contribution in [3.63, 3.8) is 0 Å². The number of carbonyl (C=O) groups excluding carboxylic acids is 2. The number of benzene rings is 2. The van der Waals surface area contributed by atoms with E-state index in [0.717, 1.165) is 12.5 Å².